The van der Waals surface area contributed by atoms with Gasteiger partial charge in [0.2, 0.25) is 0 Å². The Bertz CT molecular complexity index is 426. The number of hydrogen-bond acceptors (Lipinski definition) is 3. The molecule has 0 aromatic carbocycles. The van der Waals surface area contributed by atoms with Crippen LogP contribution in [0.1, 0.15) is 19.8 Å². The molecule has 1 rings (SSSR count). The molecule has 1 aliphatic heterocycles. The summed E-state index contributed by atoms with van der Waals surface area (Å²) in [5.41, 5.74) is 0. The van der Waals surface area contributed by atoms with Crippen molar-refractivity contribution in [3.8, 4) is 12.3 Å². The minimum absolute atomic E-state index is 0.00194. The fourth-order valence-corrected chi connectivity index (χ4v) is 3.10. The molecule has 0 radical (unpaired) electrons. The maximum absolute atomic E-state index is 11.8. The predicted octanol–water partition coefficient (Wildman–Crippen LogP) is -0.361. The standard InChI is InChI=1S/C10H16N2O4S/c1-3-8(2)11-17(15,16)12-6-4-5-9(7-12)10(13)14/h1,8-9,11H,4-7H2,2H3,(H,13,14). The molecule has 2 N–H and O–H groups in total. The third-order valence-corrected chi connectivity index (χ3v) is 4.31. The van der Waals surface area contributed by atoms with E-state index in [0.717, 1.165) is 4.31 Å². The van der Waals surface area contributed by atoms with Crippen LogP contribution in [0.4, 0.5) is 0 Å². The largest absolute Gasteiger partial charge is 0.481 e. The molecule has 1 fully saturated rings. The first-order chi connectivity index (χ1) is 7.86. The summed E-state index contributed by atoms with van der Waals surface area (Å²) in [6, 6.07) is -0.606. The Morgan fingerprint density at radius 2 is 2.29 bits per heavy atom. The molecule has 0 saturated carbocycles. The summed E-state index contributed by atoms with van der Waals surface area (Å²) in [6.45, 7) is 1.88. The third-order valence-electron chi connectivity index (χ3n) is 2.65. The Morgan fingerprint density at radius 1 is 1.65 bits per heavy atom. The molecule has 7 heteroatoms. The highest BCUT2D eigenvalue weighted by molar-refractivity contribution is 7.87. The van der Waals surface area contributed by atoms with Gasteiger partial charge in [0.1, 0.15) is 0 Å². The summed E-state index contributed by atoms with van der Waals surface area (Å²) in [5.74, 6) is 0.660. The van der Waals surface area contributed by atoms with E-state index in [2.05, 4.69) is 10.6 Å². The SMILES string of the molecule is C#CC(C)NS(=O)(=O)N1CCCC(C(=O)O)C1. The van der Waals surface area contributed by atoms with Crippen LogP contribution < -0.4 is 4.72 Å². The maximum atomic E-state index is 11.8. The minimum atomic E-state index is -3.68. The zero-order valence-electron chi connectivity index (χ0n) is 9.59. The van der Waals surface area contributed by atoms with E-state index in [0.29, 0.717) is 19.4 Å². The van der Waals surface area contributed by atoms with Crippen LogP contribution in [0.2, 0.25) is 0 Å². The minimum Gasteiger partial charge on any atom is -0.481 e. The Balaban J connectivity index is 2.72. The second-order valence-corrected chi connectivity index (χ2v) is 5.75. The highest BCUT2D eigenvalue weighted by atomic mass is 32.2. The molecule has 0 aromatic heterocycles. The van der Waals surface area contributed by atoms with E-state index in [-0.39, 0.29) is 6.54 Å². The lowest BCUT2D eigenvalue weighted by Gasteiger charge is -2.30. The van der Waals surface area contributed by atoms with Gasteiger partial charge in [-0.1, -0.05) is 5.92 Å². The van der Waals surface area contributed by atoms with Crippen LogP contribution in [0.5, 0.6) is 0 Å². The zero-order valence-corrected chi connectivity index (χ0v) is 10.4. The van der Waals surface area contributed by atoms with Gasteiger partial charge in [-0.15, -0.1) is 6.42 Å². The lowest BCUT2D eigenvalue weighted by atomic mass is 10.0. The van der Waals surface area contributed by atoms with Gasteiger partial charge in [0.15, 0.2) is 0 Å². The average molecular weight is 260 g/mol. The first kappa shape index (κ1) is 14.0. The number of terminal acetylenes is 1. The number of carbonyl (C=O) groups is 1. The van der Waals surface area contributed by atoms with Crippen LogP contribution in [0.25, 0.3) is 0 Å². The highest BCUT2D eigenvalue weighted by Crippen LogP contribution is 2.18. The second kappa shape index (κ2) is 5.49. The molecule has 2 atom stereocenters. The van der Waals surface area contributed by atoms with Crippen molar-refractivity contribution in [2.75, 3.05) is 13.1 Å². The van der Waals surface area contributed by atoms with E-state index < -0.39 is 28.1 Å². The fourth-order valence-electron chi connectivity index (χ4n) is 1.69. The molecule has 0 spiro atoms. The second-order valence-electron chi connectivity index (χ2n) is 4.05. The molecule has 0 aromatic rings. The van der Waals surface area contributed by atoms with Gasteiger partial charge in [-0.2, -0.15) is 17.4 Å². The smallest absolute Gasteiger partial charge is 0.307 e. The predicted molar refractivity (Wildman–Crippen MR) is 62.3 cm³/mol. The highest BCUT2D eigenvalue weighted by Gasteiger charge is 2.32. The van der Waals surface area contributed by atoms with Crippen molar-refractivity contribution in [3.05, 3.63) is 0 Å². The number of hydrogen-bond donors (Lipinski definition) is 2. The van der Waals surface area contributed by atoms with Gasteiger partial charge in [-0.3, -0.25) is 4.79 Å². The van der Waals surface area contributed by atoms with Crippen LogP contribution in [0.3, 0.4) is 0 Å². The molecular weight excluding hydrogens is 244 g/mol. The van der Waals surface area contributed by atoms with E-state index in [1.54, 1.807) is 6.92 Å². The molecule has 17 heavy (non-hydrogen) atoms. The van der Waals surface area contributed by atoms with Gasteiger partial charge >= 0.3 is 5.97 Å². The zero-order chi connectivity index (χ0) is 13.1. The summed E-state index contributed by atoms with van der Waals surface area (Å²) < 4.78 is 27.1. The van der Waals surface area contributed by atoms with Crippen molar-refractivity contribution in [3.63, 3.8) is 0 Å². The Hall–Kier alpha value is -1.10. The van der Waals surface area contributed by atoms with Crippen molar-refractivity contribution >= 4 is 16.2 Å². The number of aliphatic carboxylic acids is 1. The van der Waals surface area contributed by atoms with E-state index in [9.17, 15) is 13.2 Å². The van der Waals surface area contributed by atoms with E-state index >= 15 is 0 Å². The number of rotatable bonds is 4. The molecule has 2 unspecified atom stereocenters. The average Bonchev–Trinajstić information content (AvgIpc) is 2.28. The van der Waals surface area contributed by atoms with Crippen molar-refractivity contribution in [2.45, 2.75) is 25.8 Å². The maximum Gasteiger partial charge on any atom is 0.307 e. The molecular formula is C10H16N2O4S. The molecule has 0 amide bonds. The van der Waals surface area contributed by atoms with Crippen molar-refractivity contribution < 1.29 is 18.3 Å². The van der Waals surface area contributed by atoms with Gasteiger partial charge in [-0.05, 0) is 19.8 Å². The number of carboxylic acids is 1. The van der Waals surface area contributed by atoms with Gasteiger partial charge in [0.25, 0.3) is 10.2 Å². The third kappa shape index (κ3) is 3.70. The topological polar surface area (TPSA) is 86.7 Å². The van der Waals surface area contributed by atoms with Gasteiger partial charge < -0.3 is 5.11 Å². The molecule has 1 aliphatic rings. The summed E-state index contributed by atoms with van der Waals surface area (Å²) >= 11 is 0. The van der Waals surface area contributed by atoms with Crippen molar-refractivity contribution in [1.82, 2.24) is 9.03 Å². The van der Waals surface area contributed by atoms with E-state index in [4.69, 9.17) is 11.5 Å². The summed E-state index contributed by atoms with van der Waals surface area (Å²) in [5, 5.41) is 8.88. The number of nitrogens with zero attached hydrogens (tertiary/aromatic N) is 1. The molecule has 0 aliphatic carbocycles. The molecule has 1 heterocycles. The molecule has 1 saturated heterocycles. The number of piperidine rings is 1. The summed E-state index contributed by atoms with van der Waals surface area (Å²) in [7, 11) is -3.68. The van der Waals surface area contributed by atoms with Gasteiger partial charge in [0.05, 0.1) is 12.0 Å². The van der Waals surface area contributed by atoms with Gasteiger partial charge in [0, 0.05) is 13.1 Å². The van der Waals surface area contributed by atoms with Crippen LogP contribution in [-0.4, -0.2) is 42.9 Å². The van der Waals surface area contributed by atoms with Gasteiger partial charge in [-0.25, -0.2) is 0 Å². The number of nitrogens with one attached hydrogen (secondary N) is 1. The Morgan fingerprint density at radius 3 is 2.82 bits per heavy atom. The molecule has 0 bridgehead atoms. The Labute approximate surface area is 101 Å². The Kier molecular flexibility index (Phi) is 4.51. The quantitative estimate of drug-likeness (QED) is 0.676. The lowest BCUT2D eigenvalue weighted by Crippen LogP contribution is -2.49. The summed E-state index contributed by atoms with van der Waals surface area (Å²) in [6.07, 6.45) is 6.14. The molecule has 96 valence electrons. The first-order valence-corrected chi connectivity index (χ1v) is 6.77. The van der Waals surface area contributed by atoms with Crippen LogP contribution in [0.15, 0.2) is 0 Å². The van der Waals surface area contributed by atoms with Crippen LogP contribution in [-0.2, 0) is 15.0 Å². The van der Waals surface area contributed by atoms with Crippen molar-refractivity contribution in [2.24, 2.45) is 5.92 Å². The number of carboxylic acid groups (broad SMARTS) is 1. The van der Waals surface area contributed by atoms with Crippen LogP contribution in [0, 0.1) is 18.3 Å². The van der Waals surface area contributed by atoms with Crippen molar-refractivity contribution in [1.29, 1.82) is 0 Å². The normalized spacial score (nSPS) is 23.9. The van der Waals surface area contributed by atoms with E-state index in [1.807, 2.05) is 0 Å². The summed E-state index contributed by atoms with van der Waals surface area (Å²) in [4.78, 5) is 10.8. The first-order valence-electron chi connectivity index (χ1n) is 5.33. The van der Waals surface area contributed by atoms with E-state index in [1.165, 1.54) is 0 Å². The van der Waals surface area contributed by atoms with Crippen LogP contribution >= 0.6 is 0 Å². The monoisotopic (exact) mass is 260 g/mol. The lowest BCUT2D eigenvalue weighted by molar-refractivity contribution is -0.142. The fraction of sp³-hybridized carbons (Fsp3) is 0.700. The molecule has 6 nitrogen and oxygen atoms in total.